The van der Waals surface area contributed by atoms with Crippen molar-refractivity contribution in [3.63, 3.8) is 0 Å². The van der Waals surface area contributed by atoms with Crippen LogP contribution >= 0.6 is 0 Å². The number of rotatable bonds is 5. The van der Waals surface area contributed by atoms with Crippen LogP contribution in [0.15, 0.2) is 59.1 Å². The van der Waals surface area contributed by atoms with Gasteiger partial charge in [-0.15, -0.1) is 0 Å². The predicted molar refractivity (Wildman–Crippen MR) is 121 cm³/mol. The van der Waals surface area contributed by atoms with Crippen LogP contribution in [0.3, 0.4) is 0 Å². The van der Waals surface area contributed by atoms with Gasteiger partial charge in [-0.25, -0.2) is 4.98 Å². The number of hydrogen-bond donors (Lipinski definition) is 2. The van der Waals surface area contributed by atoms with E-state index in [1.807, 2.05) is 48.5 Å². The molecule has 0 unspecified atom stereocenters. The molecule has 2 N–H and O–H groups in total. The van der Waals surface area contributed by atoms with Crippen molar-refractivity contribution in [3.05, 3.63) is 60.4 Å². The van der Waals surface area contributed by atoms with E-state index in [4.69, 9.17) is 9.51 Å². The number of carbonyl (C=O) groups excluding carboxylic acids is 1. The molecular formula is C24H25N5O2. The Balaban J connectivity index is 1.31. The number of nitrogens with one attached hydrogen (secondary N) is 2. The highest BCUT2D eigenvalue weighted by atomic mass is 16.5. The van der Waals surface area contributed by atoms with E-state index in [0.717, 1.165) is 22.5 Å². The lowest BCUT2D eigenvalue weighted by Crippen LogP contribution is -2.33. The fourth-order valence-electron chi connectivity index (χ4n) is 4.20. The number of H-pyrrole nitrogens is 1. The minimum absolute atomic E-state index is 0.168. The third kappa shape index (κ3) is 4.03. The molecule has 5 rings (SSSR count). The van der Waals surface area contributed by atoms with Gasteiger partial charge < -0.3 is 19.7 Å². The minimum Gasteiger partial charge on any atom is -0.350 e. The molecule has 7 heteroatoms. The highest BCUT2D eigenvalue weighted by Gasteiger charge is 2.21. The zero-order valence-corrected chi connectivity index (χ0v) is 17.5. The highest BCUT2D eigenvalue weighted by molar-refractivity contribution is 6.03. The third-order valence-corrected chi connectivity index (χ3v) is 5.99. The van der Waals surface area contributed by atoms with E-state index in [0.29, 0.717) is 17.4 Å². The molecule has 2 aromatic carbocycles. The Morgan fingerprint density at radius 3 is 2.71 bits per heavy atom. The highest BCUT2D eigenvalue weighted by Crippen LogP contribution is 2.27. The van der Waals surface area contributed by atoms with Gasteiger partial charge in [0.05, 0.1) is 11.0 Å². The molecule has 1 aliphatic rings. The molecular weight excluding hydrogens is 390 g/mol. The van der Waals surface area contributed by atoms with Crippen LogP contribution in [-0.4, -0.2) is 34.1 Å². The number of hydrogen-bond acceptors (Lipinski definition) is 5. The second-order valence-electron chi connectivity index (χ2n) is 8.09. The maximum Gasteiger partial charge on any atom is 0.294 e. The quantitative estimate of drug-likeness (QED) is 0.465. The van der Waals surface area contributed by atoms with E-state index in [1.54, 1.807) is 6.07 Å². The molecule has 1 aliphatic carbocycles. The van der Waals surface area contributed by atoms with Crippen molar-refractivity contribution in [3.8, 4) is 11.3 Å². The van der Waals surface area contributed by atoms with Crippen molar-refractivity contribution in [2.75, 3.05) is 17.3 Å². The average molecular weight is 415 g/mol. The number of amides is 1. The molecule has 0 radical (unpaired) electrons. The molecule has 31 heavy (non-hydrogen) atoms. The summed E-state index contributed by atoms with van der Waals surface area (Å²) < 4.78 is 5.25. The van der Waals surface area contributed by atoms with E-state index >= 15 is 0 Å². The smallest absolute Gasteiger partial charge is 0.294 e. The Kier molecular flexibility index (Phi) is 5.16. The molecule has 7 nitrogen and oxygen atoms in total. The first-order valence-corrected chi connectivity index (χ1v) is 10.7. The van der Waals surface area contributed by atoms with Crippen LogP contribution in [0.4, 0.5) is 11.6 Å². The summed E-state index contributed by atoms with van der Waals surface area (Å²) in [5, 5.41) is 6.89. The van der Waals surface area contributed by atoms with Crippen LogP contribution in [0.1, 0.15) is 42.7 Å². The zero-order chi connectivity index (χ0) is 21.2. The lowest BCUT2D eigenvalue weighted by atomic mass is 9.95. The number of aromatic nitrogens is 3. The molecule has 0 spiro atoms. The molecule has 1 saturated carbocycles. The number of fused-ring (bicyclic) bond motifs is 1. The van der Waals surface area contributed by atoms with Gasteiger partial charge in [-0.05, 0) is 31.0 Å². The molecule has 1 fully saturated rings. The molecule has 2 aromatic heterocycles. The molecule has 158 valence electrons. The zero-order valence-electron chi connectivity index (χ0n) is 17.5. The number of nitrogens with zero attached hydrogens (tertiary/aromatic N) is 3. The second-order valence-corrected chi connectivity index (χ2v) is 8.09. The summed E-state index contributed by atoms with van der Waals surface area (Å²) in [6, 6.07) is 17.5. The monoisotopic (exact) mass is 415 g/mol. The summed E-state index contributed by atoms with van der Waals surface area (Å²) in [6.07, 6.45) is 6.29. The lowest BCUT2D eigenvalue weighted by molar-refractivity contribution is 0.0988. The van der Waals surface area contributed by atoms with Crippen molar-refractivity contribution in [1.82, 2.24) is 15.1 Å². The van der Waals surface area contributed by atoms with Gasteiger partial charge in [0.15, 0.2) is 0 Å². The van der Waals surface area contributed by atoms with E-state index in [-0.39, 0.29) is 11.7 Å². The van der Waals surface area contributed by atoms with E-state index in [2.05, 4.69) is 27.4 Å². The molecule has 0 atom stereocenters. The van der Waals surface area contributed by atoms with Crippen LogP contribution in [0, 0.1) is 0 Å². The van der Waals surface area contributed by atoms with Gasteiger partial charge in [0.25, 0.3) is 5.91 Å². The molecule has 0 saturated heterocycles. The van der Waals surface area contributed by atoms with Crippen molar-refractivity contribution < 1.29 is 9.32 Å². The van der Waals surface area contributed by atoms with Crippen molar-refractivity contribution in [2.45, 2.75) is 38.1 Å². The van der Waals surface area contributed by atoms with Crippen LogP contribution in [0.2, 0.25) is 0 Å². The third-order valence-electron chi connectivity index (χ3n) is 5.99. The fraction of sp³-hybridized carbons (Fsp3) is 0.292. The molecule has 0 bridgehead atoms. The average Bonchev–Trinajstić information content (AvgIpc) is 3.47. The van der Waals surface area contributed by atoms with Crippen LogP contribution < -0.4 is 10.2 Å². The Hall–Kier alpha value is -3.61. The summed E-state index contributed by atoms with van der Waals surface area (Å²) in [4.78, 5) is 23.0. The van der Waals surface area contributed by atoms with Gasteiger partial charge in [0.2, 0.25) is 11.7 Å². The number of benzene rings is 2. The molecule has 4 aromatic rings. The minimum atomic E-state index is -0.340. The second kappa shape index (κ2) is 8.26. The lowest BCUT2D eigenvalue weighted by Gasteiger charge is -2.30. The summed E-state index contributed by atoms with van der Waals surface area (Å²) in [7, 11) is 2.10. The number of anilines is 2. The van der Waals surface area contributed by atoms with Crippen LogP contribution in [0.5, 0.6) is 0 Å². The van der Waals surface area contributed by atoms with Gasteiger partial charge in [-0.1, -0.05) is 54.8 Å². The van der Waals surface area contributed by atoms with E-state index < -0.39 is 0 Å². The maximum absolute atomic E-state index is 12.6. The normalized spacial score (nSPS) is 14.6. The predicted octanol–water partition coefficient (Wildman–Crippen LogP) is 5.24. The Morgan fingerprint density at radius 1 is 1.10 bits per heavy atom. The van der Waals surface area contributed by atoms with Crippen molar-refractivity contribution >= 4 is 28.6 Å². The van der Waals surface area contributed by atoms with Gasteiger partial charge >= 0.3 is 0 Å². The van der Waals surface area contributed by atoms with E-state index in [1.165, 1.54) is 32.1 Å². The van der Waals surface area contributed by atoms with Crippen molar-refractivity contribution in [2.24, 2.45) is 0 Å². The Labute approximate surface area is 180 Å². The topological polar surface area (TPSA) is 87.1 Å². The number of carbonyl (C=O) groups is 1. The summed E-state index contributed by atoms with van der Waals surface area (Å²) in [6.45, 7) is 0. The van der Waals surface area contributed by atoms with Crippen LogP contribution in [0.25, 0.3) is 22.3 Å². The fourth-order valence-corrected chi connectivity index (χ4v) is 4.20. The van der Waals surface area contributed by atoms with Gasteiger partial charge in [0.1, 0.15) is 5.69 Å². The van der Waals surface area contributed by atoms with Crippen LogP contribution in [-0.2, 0) is 0 Å². The summed E-state index contributed by atoms with van der Waals surface area (Å²) >= 11 is 0. The first kappa shape index (κ1) is 19.4. The summed E-state index contributed by atoms with van der Waals surface area (Å²) in [5.74, 6) is 0.697. The molecule has 2 heterocycles. The van der Waals surface area contributed by atoms with Crippen molar-refractivity contribution in [1.29, 1.82) is 0 Å². The Morgan fingerprint density at radius 2 is 1.90 bits per heavy atom. The largest absolute Gasteiger partial charge is 0.350 e. The number of imidazole rings is 1. The standard InChI is InChI=1S/C24H25N5O2/c1-29(18-10-6-3-7-11-18)24-26-19-13-12-17(14-21(19)27-24)25-23(30)22-15-20(28-31-22)16-8-4-2-5-9-16/h2,4-5,8-9,12-15,18H,3,6-7,10-11H2,1H3,(H,25,30)(H,26,27). The SMILES string of the molecule is CN(c1nc2ccc(NC(=O)c3cc(-c4ccccc4)no3)cc2[nH]1)C1CCCCC1. The molecule has 0 aliphatic heterocycles. The van der Waals surface area contributed by atoms with Gasteiger partial charge in [-0.2, -0.15) is 0 Å². The maximum atomic E-state index is 12.6. The first-order valence-electron chi connectivity index (χ1n) is 10.7. The molecule has 1 amide bonds. The Bertz CT molecular complexity index is 1190. The van der Waals surface area contributed by atoms with Gasteiger partial charge in [-0.3, -0.25) is 4.79 Å². The van der Waals surface area contributed by atoms with E-state index in [9.17, 15) is 4.79 Å². The first-order chi connectivity index (χ1) is 15.2. The number of aromatic amines is 1. The van der Waals surface area contributed by atoms with Gasteiger partial charge in [0, 0.05) is 30.4 Å². The summed E-state index contributed by atoms with van der Waals surface area (Å²) in [5.41, 5.74) is 3.97.